The molecular weight excluding hydrogens is 260 g/mol. The van der Waals surface area contributed by atoms with E-state index >= 15 is 0 Å². The largest absolute Gasteiger partial charge is 0.462 e. The molecule has 0 saturated heterocycles. The monoisotopic (exact) mass is 280 g/mol. The van der Waals surface area contributed by atoms with E-state index in [-0.39, 0.29) is 18.1 Å². The molecule has 1 rings (SSSR count). The number of ether oxygens (including phenoxy) is 1. The Labute approximate surface area is 117 Å². The van der Waals surface area contributed by atoms with Crippen LogP contribution in [-0.4, -0.2) is 29.6 Å². The molecule has 0 atom stereocenters. The maximum absolute atomic E-state index is 12.0. The molecule has 110 valence electrons. The van der Waals surface area contributed by atoms with Gasteiger partial charge in [0, 0.05) is 31.8 Å². The SMILES string of the molecule is CCOC(=O)c1c(C)cc(=O)n(CCNC(C)=O)c1C. The number of hydrogen-bond donors (Lipinski definition) is 1. The summed E-state index contributed by atoms with van der Waals surface area (Å²) in [6, 6.07) is 1.41. The molecule has 0 unspecified atom stereocenters. The zero-order chi connectivity index (χ0) is 15.3. The van der Waals surface area contributed by atoms with E-state index in [2.05, 4.69) is 5.32 Å². The number of nitrogens with zero attached hydrogens (tertiary/aromatic N) is 1. The summed E-state index contributed by atoms with van der Waals surface area (Å²) in [5, 5.41) is 2.62. The number of rotatable bonds is 5. The molecule has 1 amide bonds. The Hall–Kier alpha value is -2.11. The Morgan fingerprint density at radius 2 is 2.00 bits per heavy atom. The van der Waals surface area contributed by atoms with Crippen molar-refractivity contribution in [1.82, 2.24) is 9.88 Å². The first-order chi connectivity index (χ1) is 9.38. The summed E-state index contributed by atoms with van der Waals surface area (Å²) in [4.78, 5) is 34.7. The Bertz CT molecular complexity index is 575. The standard InChI is InChI=1S/C14H20N2O4/c1-5-20-14(19)13-9(2)8-12(18)16(10(13)3)7-6-15-11(4)17/h8H,5-7H2,1-4H3,(H,15,17). The number of carbonyl (C=O) groups is 2. The van der Waals surface area contributed by atoms with Gasteiger partial charge in [0.25, 0.3) is 5.56 Å². The highest BCUT2D eigenvalue weighted by molar-refractivity contribution is 5.92. The van der Waals surface area contributed by atoms with E-state index in [0.29, 0.717) is 29.9 Å². The van der Waals surface area contributed by atoms with Crippen molar-refractivity contribution in [2.24, 2.45) is 0 Å². The third kappa shape index (κ3) is 3.69. The number of esters is 1. The van der Waals surface area contributed by atoms with Gasteiger partial charge in [-0.3, -0.25) is 9.59 Å². The normalized spacial score (nSPS) is 10.2. The lowest BCUT2D eigenvalue weighted by Gasteiger charge is -2.15. The van der Waals surface area contributed by atoms with Crippen LogP contribution in [0.5, 0.6) is 0 Å². The fraction of sp³-hybridized carbons (Fsp3) is 0.500. The number of carbonyl (C=O) groups excluding carboxylic acids is 2. The van der Waals surface area contributed by atoms with Crippen molar-refractivity contribution in [1.29, 1.82) is 0 Å². The first-order valence-corrected chi connectivity index (χ1v) is 6.51. The van der Waals surface area contributed by atoms with Gasteiger partial charge in [0.05, 0.1) is 12.2 Å². The second-order valence-electron chi connectivity index (χ2n) is 4.48. The number of amides is 1. The van der Waals surface area contributed by atoms with Gasteiger partial charge in [0.2, 0.25) is 5.91 Å². The zero-order valence-corrected chi connectivity index (χ0v) is 12.3. The summed E-state index contributed by atoms with van der Waals surface area (Å²) in [6.45, 7) is 7.48. The first-order valence-electron chi connectivity index (χ1n) is 6.51. The molecule has 0 fully saturated rings. The Morgan fingerprint density at radius 1 is 1.35 bits per heavy atom. The molecule has 0 aliphatic carbocycles. The summed E-state index contributed by atoms with van der Waals surface area (Å²) in [5.74, 6) is -0.593. The van der Waals surface area contributed by atoms with Crippen LogP contribution in [0.1, 0.15) is 35.5 Å². The number of aryl methyl sites for hydroxylation is 1. The molecule has 0 aromatic carbocycles. The minimum Gasteiger partial charge on any atom is -0.462 e. The summed E-state index contributed by atoms with van der Waals surface area (Å²) in [7, 11) is 0. The quantitative estimate of drug-likeness (QED) is 0.808. The van der Waals surface area contributed by atoms with Gasteiger partial charge in [-0.25, -0.2) is 4.79 Å². The summed E-state index contributed by atoms with van der Waals surface area (Å²) < 4.78 is 6.47. The van der Waals surface area contributed by atoms with Gasteiger partial charge in [0.15, 0.2) is 0 Å². The molecule has 0 spiro atoms. The van der Waals surface area contributed by atoms with Gasteiger partial charge >= 0.3 is 5.97 Å². The lowest BCUT2D eigenvalue weighted by molar-refractivity contribution is -0.118. The first kappa shape index (κ1) is 15.9. The molecule has 0 bridgehead atoms. The molecule has 6 heteroatoms. The van der Waals surface area contributed by atoms with Crippen molar-refractivity contribution in [2.75, 3.05) is 13.2 Å². The Balaban J connectivity index is 3.12. The molecular formula is C14H20N2O4. The Morgan fingerprint density at radius 3 is 2.55 bits per heavy atom. The topological polar surface area (TPSA) is 77.4 Å². The van der Waals surface area contributed by atoms with Crippen molar-refractivity contribution in [3.05, 3.63) is 33.2 Å². The highest BCUT2D eigenvalue weighted by atomic mass is 16.5. The second kappa shape index (κ2) is 6.88. The molecule has 1 aromatic heterocycles. The second-order valence-corrected chi connectivity index (χ2v) is 4.48. The Kier molecular flexibility index (Phi) is 5.49. The van der Waals surface area contributed by atoms with E-state index in [1.165, 1.54) is 17.6 Å². The van der Waals surface area contributed by atoms with Crippen molar-refractivity contribution in [2.45, 2.75) is 34.2 Å². The maximum atomic E-state index is 12.0. The van der Waals surface area contributed by atoms with Crippen LogP contribution in [0.25, 0.3) is 0 Å². The van der Waals surface area contributed by atoms with E-state index in [9.17, 15) is 14.4 Å². The van der Waals surface area contributed by atoms with Gasteiger partial charge < -0.3 is 14.6 Å². The third-order valence-corrected chi connectivity index (χ3v) is 2.96. The van der Waals surface area contributed by atoms with Gasteiger partial charge in [-0.1, -0.05) is 0 Å². The lowest BCUT2D eigenvalue weighted by Crippen LogP contribution is -2.32. The van der Waals surface area contributed by atoms with Crippen LogP contribution < -0.4 is 10.9 Å². The summed E-state index contributed by atoms with van der Waals surface area (Å²) in [6.07, 6.45) is 0. The maximum Gasteiger partial charge on any atom is 0.340 e. The molecule has 0 radical (unpaired) electrons. The average Bonchev–Trinajstić information content (AvgIpc) is 2.33. The van der Waals surface area contributed by atoms with Crippen molar-refractivity contribution < 1.29 is 14.3 Å². The fourth-order valence-electron chi connectivity index (χ4n) is 2.05. The molecule has 0 aliphatic rings. The minimum atomic E-state index is -0.434. The molecule has 20 heavy (non-hydrogen) atoms. The van der Waals surface area contributed by atoms with E-state index < -0.39 is 5.97 Å². The molecule has 6 nitrogen and oxygen atoms in total. The smallest absolute Gasteiger partial charge is 0.340 e. The molecule has 1 N–H and O–H groups in total. The van der Waals surface area contributed by atoms with Crippen LogP contribution in [0.4, 0.5) is 0 Å². The van der Waals surface area contributed by atoms with Crippen LogP contribution >= 0.6 is 0 Å². The zero-order valence-electron chi connectivity index (χ0n) is 12.3. The molecule has 0 aliphatic heterocycles. The minimum absolute atomic E-state index is 0.159. The highest BCUT2D eigenvalue weighted by Gasteiger charge is 2.17. The van der Waals surface area contributed by atoms with Gasteiger partial charge in [-0.2, -0.15) is 0 Å². The van der Waals surface area contributed by atoms with Crippen LogP contribution in [0.3, 0.4) is 0 Å². The predicted molar refractivity (Wildman–Crippen MR) is 74.8 cm³/mol. The van der Waals surface area contributed by atoms with E-state index in [4.69, 9.17) is 4.74 Å². The van der Waals surface area contributed by atoms with E-state index in [1.54, 1.807) is 20.8 Å². The lowest BCUT2D eigenvalue weighted by atomic mass is 10.1. The number of aromatic nitrogens is 1. The highest BCUT2D eigenvalue weighted by Crippen LogP contribution is 2.12. The fourth-order valence-corrected chi connectivity index (χ4v) is 2.05. The van der Waals surface area contributed by atoms with E-state index in [0.717, 1.165) is 0 Å². The van der Waals surface area contributed by atoms with Gasteiger partial charge in [-0.05, 0) is 26.3 Å². The van der Waals surface area contributed by atoms with Crippen molar-refractivity contribution in [3.63, 3.8) is 0 Å². The average molecular weight is 280 g/mol. The predicted octanol–water partition coefficient (Wildman–Crippen LogP) is 0.778. The van der Waals surface area contributed by atoms with Gasteiger partial charge in [-0.15, -0.1) is 0 Å². The van der Waals surface area contributed by atoms with Gasteiger partial charge in [0.1, 0.15) is 0 Å². The van der Waals surface area contributed by atoms with Crippen LogP contribution in [0.2, 0.25) is 0 Å². The van der Waals surface area contributed by atoms with Crippen molar-refractivity contribution >= 4 is 11.9 Å². The number of nitrogens with one attached hydrogen (secondary N) is 1. The summed E-state index contributed by atoms with van der Waals surface area (Å²) >= 11 is 0. The molecule has 1 heterocycles. The van der Waals surface area contributed by atoms with Crippen molar-refractivity contribution in [3.8, 4) is 0 Å². The summed E-state index contributed by atoms with van der Waals surface area (Å²) in [5.41, 5.74) is 1.37. The van der Waals surface area contributed by atoms with Crippen LogP contribution in [0, 0.1) is 13.8 Å². The van der Waals surface area contributed by atoms with E-state index in [1.807, 2.05) is 0 Å². The van der Waals surface area contributed by atoms with Crippen LogP contribution in [0.15, 0.2) is 10.9 Å². The number of hydrogen-bond acceptors (Lipinski definition) is 4. The number of pyridine rings is 1. The van der Waals surface area contributed by atoms with Crippen LogP contribution in [-0.2, 0) is 16.1 Å². The molecule has 0 saturated carbocycles. The molecule has 1 aromatic rings. The third-order valence-electron chi connectivity index (χ3n) is 2.96.